The number of rotatable bonds is 4. The number of hydrogen-bond donors (Lipinski definition) is 0. The Morgan fingerprint density at radius 1 is 1.17 bits per heavy atom. The first kappa shape index (κ1) is 16.5. The molecule has 1 aromatic heterocycles. The van der Waals surface area contributed by atoms with E-state index in [1.807, 2.05) is 12.1 Å². The average Bonchev–Trinajstić information content (AvgIpc) is 2.61. The van der Waals surface area contributed by atoms with Crippen molar-refractivity contribution in [1.82, 2.24) is 9.88 Å². The van der Waals surface area contributed by atoms with Crippen LogP contribution in [0.2, 0.25) is 5.15 Å². The minimum Gasteiger partial charge on any atom is -0.484 e. The van der Waals surface area contributed by atoms with E-state index in [1.54, 1.807) is 11.1 Å². The van der Waals surface area contributed by atoms with E-state index in [-0.39, 0.29) is 18.3 Å². The maximum Gasteiger partial charge on any atom is 0.260 e. The topological polar surface area (TPSA) is 45.7 Å². The van der Waals surface area contributed by atoms with E-state index in [0.29, 0.717) is 24.0 Å². The van der Waals surface area contributed by atoms with Crippen LogP contribution in [0, 0.1) is 5.82 Å². The summed E-state index contributed by atoms with van der Waals surface area (Å²) in [6.07, 6.45) is 1.67. The van der Waals surface area contributed by atoms with Crippen LogP contribution in [0.5, 0.6) is 5.75 Å². The van der Waals surface area contributed by atoms with Gasteiger partial charge < -0.3 is 14.5 Å². The molecule has 1 aromatic carbocycles. The Hall–Kier alpha value is -2.34. The third kappa shape index (κ3) is 4.14. The Kier molecular flexibility index (Phi) is 5.15. The van der Waals surface area contributed by atoms with E-state index < -0.39 is 0 Å². The minimum absolute atomic E-state index is 0.0489. The highest BCUT2D eigenvalue weighted by Crippen LogP contribution is 2.19. The highest BCUT2D eigenvalue weighted by molar-refractivity contribution is 6.29. The van der Waals surface area contributed by atoms with Crippen molar-refractivity contribution in [3.8, 4) is 5.75 Å². The first-order valence-electron chi connectivity index (χ1n) is 7.64. The lowest BCUT2D eigenvalue weighted by atomic mass is 10.2. The first-order valence-corrected chi connectivity index (χ1v) is 8.02. The quantitative estimate of drug-likeness (QED) is 0.796. The van der Waals surface area contributed by atoms with Gasteiger partial charge in [-0.2, -0.15) is 0 Å². The molecular formula is C17H17ClFN3O2. The lowest BCUT2D eigenvalue weighted by Crippen LogP contribution is -2.50. The Bertz CT molecular complexity index is 703. The number of amides is 1. The van der Waals surface area contributed by atoms with Gasteiger partial charge >= 0.3 is 0 Å². The summed E-state index contributed by atoms with van der Waals surface area (Å²) >= 11 is 5.91. The van der Waals surface area contributed by atoms with Gasteiger partial charge in [0.05, 0.1) is 0 Å². The zero-order valence-corrected chi connectivity index (χ0v) is 13.7. The van der Waals surface area contributed by atoms with E-state index in [9.17, 15) is 9.18 Å². The van der Waals surface area contributed by atoms with Crippen molar-refractivity contribution in [3.05, 3.63) is 53.6 Å². The molecule has 1 amide bonds. The second-order valence-corrected chi connectivity index (χ2v) is 5.83. The summed E-state index contributed by atoms with van der Waals surface area (Å²) in [5, 5.41) is 0.457. The standard InChI is InChI=1S/C17H17ClFN3O2/c18-16-11-14(5-6-20-16)21-7-9-22(10-8-21)17(23)12-24-15-3-1-13(19)2-4-15/h1-6,11H,7-10,12H2. The molecule has 1 saturated heterocycles. The van der Waals surface area contributed by atoms with Crippen LogP contribution in [0.3, 0.4) is 0 Å². The predicted molar refractivity (Wildman–Crippen MR) is 89.9 cm³/mol. The van der Waals surface area contributed by atoms with Crippen LogP contribution < -0.4 is 9.64 Å². The van der Waals surface area contributed by atoms with Crippen LogP contribution in [0.25, 0.3) is 0 Å². The molecule has 126 valence electrons. The molecule has 0 saturated carbocycles. The molecule has 0 spiro atoms. The SMILES string of the molecule is O=C(COc1ccc(F)cc1)N1CCN(c2ccnc(Cl)c2)CC1. The Balaban J connectivity index is 1.49. The number of nitrogens with zero attached hydrogens (tertiary/aromatic N) is 3. The zero-order chi connectivity index (χ0) is 16.9. The average molecular weight is 350 g/mol. The Morgan fingerprint density at radius 3 is 2.54 bits per heavy atom. The molecule has 0 radical (unpaired) electrons. The van der Waals surface area contributed by atoms with Crippen LogP contribution in [-0.4, -0.2) is 48.6 Å². The molecule has 1 aliphatic rings. The van der Waals surface area contributed by atoms with Crippen molar-refractivity contribution in [2.45, 2.75) is 0 Å². The van der Waals surface area contributed by atoms with Gasteiger partial charge in [0.25, 0.3) is 5.91 Å². The smallest absolute Gasteiger partial charge is 0.260 e. The second kappa shape index (κ2) is 7.49. The van der Waals surface area contributed by atoms with E-state index in [1.165, 1.54) is 24.3 Å². The first-order chi connectivity index (χ1) is 11.6. The van der Waals surface area contributed by atoms with Crippen LogP contribution in [-0.2, 0) is 4.79 Å². The minimum atomic E-state index is -0.332. The maximum atomic E-state index is 12.8. The number of aromatic nitrogens is 1. The number of carbonyl (C=O) groups excluding carboxylic acids is 1. The second-order valence-electron chi connectivity index (χ2n) is 5.45. The highest BCUT2D eigenvalue weighted by atomic mass is 35.5. The monoisotopic (exact) mass is 349 g/mol. The van der Waals surface area contributed by atoms with Gasteiger partial charge in [-0.15, -0.1) is 0 Å². The third-order valence-electron chi connectivity index (χ3n) is 3.88. The summed E-state index contributed by atoms with van der Waals surface area (Å²) in [6, 6.07) is 9.34. The molecule has 3 rings (SSSR count). The number of anilines is 1. The van der Waals surface area contributed by atoms with Gasteiger partial charge in [-0.05, 0) is 36.4 Å². The number of piperazine rings is 1. The number of benzene rings is 1. The summed E-state index contributed by atoms with van der Waals surface area (Å²) in [5.74, 6) is 0.0718. The summed E-state index contributed by atoms with van der Waals surface area (Å²) in [4.78, 5) is 20.1. The summed E-state index contributed by atoms with van der Waals surface area (Å²) < 4.78 is 18.2. The fraction of sp³-hybridized carbons (Fsp3) is 0.294. The highest BCUT2D eigenvalue weighted by Gasteiger charge is 2.21. The number of hydrogen-bond acceptors (Lipinski definition) is 4. The van der Waals surface area contributed by atoms with Crippen molar-refractivity contribution >= 4 is 23.2 Å². The van der Waals surface area contributed by atoms with Crippen molar-refractivity contribution in [2.75, 3.05) is 37.7 Å². The molecule has 7 heteroatoms. The molecular weight excluding hydrogens is 333 g/mol. The van der Waals surface area contributed by atoms with Gasteiger partial charge in [0.15, 0.2) is 6.61 Å². The lowest BCUT2D eigenvalue weighted by molar-refractivity contribution is -0.133. The van der Waals surface area contributed by atoms with Crippen molar-refractivity contribution in [2.24, 2.45) is 0 Å². The number of ether oxygens (including phenoxy) is 1. The largest absolute Gasteiger partial charge is 0.484 e. The molecule has 0 atom stereocenters. The molecule has 0 unspecified atom stereocenters. The number of halogens is 2. The molecule has 0 bridgehead atoms. The van der Waals surface area contributed by atoms with Crippen molar-refractivity contribution in [3.63, 3.8) is 0 Å². The molecule has 1 fully saturated rings. The van der Waals surface area contributed by atoms with E-state index in [4.69, 9.17) is 16.3 Å². The Labute approximate surface area is 144 Å². The van der Waals surface area contributed by atoms with Gasteiger partial charge in [-0.25, -0.2) is 9.37 Å². The molecule has 1 aliphatic heterocycles. The van der Waals surface area contributed by atoms with E-state index in [2.05, 4.69) is 9.88 Å². The molecule has 2 aromatic rings. The molecule has 2 heterocycles. The molecule has 24 heavy (non-hydrogen) atoms. The van der Waals surface area contributed by atoms with Gasteiger partial charge in [-0.1, -0.05) is 11.6 Å². The zero-order valence-electron chi connectivity index (χ0n) is 13.0. The Morgan fingerprint density at radius 2 is 1.88 bits per heavy atom. The van der Waals surface area contributed by atoms with Crippen molar-refractivity contribution < 1.29 is 13.9 Å². The van der Waals surface area contributed by atoms with Gasteiger partial charge in [0.2, 0.25) is 0 Å². The van der Waals surface area contributed by atoms with Crippen molar-refractivity contribution in [1.29, 1.82) is 0 Å². The molecule has 0 aliphatic carbocycles. The van der Waals surface area contributed by atoms with Gasteiger partial charge in [0, 0.05) is 38.1 Å². The molecule has 0 N–H and O–H groups in total. The number of carbonyl (C=O) groups is 1. The molecule has 5 nitrogen and oxygen atoms in total. The summed E-state index contributed by atoms with van der Waals surface area (Å²) in [6.45, 7) is 2.63. The van der Waals surface area contributed by atoms with Gasteiger partial charge in [0.1, 0.15) is 16.7 Å². The van der Waals surface area contributed by atoms with E-state index in [0.717, 1.165) is 18.8 Å². The maximum absolute atomic E-state index is 12.8. The van der Waals surface area contributed by atoms with Crippen LogP contribution >= 0.6 is 11.6 Å². The van der Waals surface area contributed by atoms with Crippen LogP contribution in [0.4, 0.5) is 10.1 Å². The fourth-order valence-corrected chi connectivity index (χ4v) is 2.74. The van der Waals surface area contributed by atoms with Crippen LogP contribution in [0.15, 0.2) is 42.6 Å². The predicted octanol–water partition coefficient (Wildman–Crippen LogP) is 2.60. The third-order valence-corrected chi connectivity index (χ3v) is 4.09. The summed E-state index contributed by atoms with van der Waals surface area (Å²) in [7, 11) is 0. The normalized spacial score (nSPS) is 14.6. The van der Waals surface area contributed by atoms with E-state index >= 15 is 0 Å². The fourth-order valence-electron chi connectivity index (χ4n) is 2.57. The summed E-state index contributed by atoms with van der Waals surface area (Å²) in [5.41, 5.74) is 1.00. The lowest BCUT2D eigenvalue weighted by Gasteiger charge is -2.36. The number of pyridine rings is 1. The van der Waals surface area contributed by atoms with Crippen LogP contribution in [0.1, 0.15) is 0 Å². The van der Waals surface area contributed by atoms with Gasteiger partial charge in [-0.3, -0.25) is 4.79 Å².